The van der Waals surface area contributed by atoms with Gasteiger partial charge >= 0.3 is 5.97 Å². The van der Waals surface area contributed by atoms with Crippen LogP contribution in [0.3, 0.4) is 0 Å². The minimum Gasteiger partial charge on any atom is -0.481 e. The quantitative estimate of drug-likeness (QED) is 0.677. The van der Waals surface area contributed by atoms with Gasteiger partial charge in [0.25, 0.3) is 0 Å². The fourth-order valence-electron chi connectivity index (χ4n) is 2.22. The van der Waals surface area contributed by atoms with Gasteiger partial charge in [-0.25, -0.2) is 0 Å². The molecule has 1 fully saturated rings. The molecular formula is C10H15N5O3. The van der Waals surface area contributed by atoms with Gasteiger partial charge in [-0.3, -0.25) is 9.59 Å². The number of hydrogen-bond acceptors (Lipinski definition) is 5. The summed E-state index contributed by atoms with van der Waals surface area (Å²) < 4.78 is 0. The maximum Gasteiger partial charge on any atom is 0.306 e. The largest absolute Gasteiger partial charge is 0.481 e. The molecule has 2 rings (SSSR count). The van der Waals surface area contributed by atoms with Crippen LogP contribution >= 0.6 is 0 Å². The predicted molar refractivity (Wildman–Crippen MR) is 59.1 cm³/mol. The molecule has 98 valence electrons. The highest BCUT2D eigenvalue weighted by molar-refractivity contribution is 5.80. The lowest BCUT2D eigenvalue weighted by Gasteiger charge is -2.25. The van der Waals surface area contributed by atoms with Gasteiger partial charge in [-0.2, -0.15) is 5.21 Å². The number of rotatable bonds is 4. The van der Waals surface area contributed by atoms with E-state index in [1.54, 1.807) is 0 Å². The number of carboxylic acid groups (broad SMARTS) is 1. The molecule has 1 aromatic rings. The number of hydrogen-bond donors (Lipinski definition) is 3. The van der Waals surface area contributed by atoms with E-state index in [9.17, 15) is 9.59 Å². The minimum absolute atomic E-state index is 0.134. The van der Waals surface area contributed by atoms with Crippen molar-refractivity contribution in [3.05, 3.63) is 5.82 Å². The summed E-state index contributed by atoms with van der Waals surface area (Å²) in [5.41, 5.74) is 0. The highest BCUT2D eigenvalue weighted by Gasteiger charge is 2.30. The first-order valence-corrected chi connectivity index (χ1v) is 5.89. The summed E-state index contributed by atoms with van der Waals surface area (Å²) in [7, 11) is 0. The second kappa shape index (κ2) is 5.56. The first kappa shape index (κ1) is 12.5. The zero-order valence-corrected chi connectivity index (χ0v) is 9.80. The van der Waals surface area contributed by atoms with Crippen LogP contribution in [0.4, 0.5) is 0 Å². The van der Waals surface area contributed by atoms with Crippen LogP contribution in [-0.2, 0) is 16.1 Å². The summed E-state index contributed by atoms with van der Waals surface area (Å²) in [4.78, 5) is 22.8. The van der Waals surface area contributed by atoms with E-state index in [4.69, 9.17) is 5.11 Å². The molecule has 1 aromatic heterocycles. The number of H-pyrrole nitrogens is 1. The zero-order chi connectivity index (χ0) is 13.0. The van der Waals surface area contributed by atoms with Crippen LogP contribution in [0.5, 0.6) is 0 Å². The van der Waals surface area contributed by atoms with Crippen molar-refractivity contribution in [3.8, 4) is 0 Å². The Hall–Kier alpha value is -1.99. The van der Waals surface area contributed by atoms with Crippen molar-refractivity contribution in [2.24, 2.45) is 11.8 Å². The van der Waals surface area contributed by atoms with Crippen LogP contribution in [0.1, 0.15) is 31.5 Å². The van der Waals surface area contributed by atoms with Gasteiger partial charge in [0, 0.05) is 5.92 Å². The predicted octanol–water partition coefficient (Wildman–Crippen LogP) is -0.293. The van der Waals surface area contributed by atoms with Crippen LogP contribution in [-0.4, -0.2) is 37.6 Å². The topological polar surface area (TPSA) is 121 Å². The molecule has 0 aromatic carbocycles. The van der Waals surface area contributed by atoms with Crippen molar-refractivity contribution < 1.29 is 14.7 Å². The first-order chi connectivity index (χ1) is 8.66. The monoisotopic (exact) mass is 253 g/mol. The molecule has 0 bridgehead atoms. The van der Waals surface area contributed by atoms with Gasteiger partial charge in [-0.05, 0) is 19.3 Å². The lowest BCUT2D eigenvalue weighted by molar-refractivity contribution is -0.144. The molecule has 8 nitrogen and oxygen atoms in total. The highest BCUT2D eigenvalue weighted by atomic mass is 16.4. The lowest BCUT2D eigenvalue weighted by atomic mass is 9.81. The number of nitrogens with zero attached hydrogens (tertiary/aromatic N) is 3. The number of nitrogens with one attached hydrogen (secondary N) is 2. The molecule has 8 heteroatoms. The van der Waals surface area contributed by atoms with E-state index in [-0.39, 0.29) is 18.4 Å². The maximum atomic E-state index is 11.9. The number of aliphatic carboxylic acids is 1. The summed E-state index contributed by atoms with van der Waals surface area (Å²) in [6, 6.07) is 0. The summed E-state index contributed by atoms with van der Waals surface area (Å²) in [6.45, 7) is 0.212. The van der Waals surface area contributed by atoms with Crippen LogP contribution in [0.15, 0.2) is 0 Å². The number of carbonyl (C=O) groups is 2. The summed E-state index contributed by atoms with van der Waals surface area (Å²) >= 11 is 0. The molecule has 0 radical (unpaired) electrons. The Kier molecular flexibility index (Phi) is 3.85. The summed E-state index contributed by atoms with van der Waals surface area (Å²) in [5.74, 6) is -1.17. The van der Waals surface area contributed by atoms with Crippen molar-refractivity contribution in [1.82, 2.24) is 25.9 Å². The van der Waals surface area contributed by atoms with E-state index >= 15 is 0 Å². The third-order valence-corrected chi connectivity index (χ3v) is 3.20. The van der Waals surface area contributed by atoms with Crippen LogP contribution in [0.25, 0.3) is 0 Å². The van der Waals surface area contributed by atoms with E-state index in [2.05, 4.69) is 25.9 Å². The van der Waals surface area contributed by atoms with Crippen molar-refractivity contribution in [3.63, 3.8) is 0 Å². The average Bonchev–Trinajstić information content (AvgIpc) is 2.89. The molecule has 1 aliphatic carbocycles. The molecule has 1 aliphatic rings. The van der Waals surface area contributed by atoms with Gasteiger partial charge in [0.05, 0.1) is 12.5 Å². The van der Waals surface area contributed by atoms with Crippen LogP contribution in [0.2, 0.25) is 0 Å². The number of carboxylic acids is 1. The van der Waals surface area contributed by atoms with Gasteiger partial charge in [-0.1, -0.05) is 11.6 Å². The Balaban J connectivity index is 1.83. The summed E-state index contributed by atoms with van der Waals surface area (Å²) in [5, 5.41) is 24.8. The third kappa shape index (κ3) is 3.02. The molecule has 2 unspecified atom stereocenters. The maximum absolute atomic E-state index is 11.9. The highest BCUT2D eigenvalue weighted by Crippen LogP contribution is 2.29. The van der Waals surface area contributed by atoms with Gasteiger partial charge in [0.15, 0.2) is 5.82 Å². The molecule has 0 spiro atoms. The van der Waals surface area contributed by atoms with Crippen LogP contribution in [0, 0.1) is 11.8 Å². The van der Waals surface area contributed by atoms with E-state index in [0.29, 0.717) is 18.7 Å². The SMILES string of the molecule is O=C(O)C1CCCC(C(=O)NCc2nn[nH]n2)C1. The molecule has 0 saturated heterocycles. The van der Waals surface area contributed by atoms with Gasteiger partial charge in [-0.15, -0.1) is 10.2 Å². The van der Waals surface area contributed by atoms with Crippen molar-refractivity contribution in [1.29, 1.82) is 0 Å². The molecule has 2 atom stereocenters. The van der Waals surface area contributed by atoms with E-state index < -0.39 is 11.9 Å². The first-order valence-electron chi connectivity index (χ1n) is 5.89. The van der Waals surface area contributed by atoms with Crippen molar-refractivity contribution >= 4 is 11.9 Å². The Morgan fingerprint density at radius 2 is 2.17 bits per heavy atom. The third-order valence-electron chi connectivity index (χ3n) is 3.20. The zero-order valence-electron chi connectivity index (χ0n) is 9.80. The molecule has 0 aliphatic heterocycles. The Bertz CT molecular complexity index is 419. The smallest absolute Gasteiger partial charge is 0.306 e. The normalized spacial score (nSPS) is 23.6. The fraction of sp³-hybridized carbons (Fsp3) is 0.700. The number of aromatic nitrogens is 4. The standard InChI is InChI=1S/C10H15N5O3/c16-9(11-5-8-12-14-15-13-8)6-2-1-3-7(4-6)10(17)18/h6-7H,1-5H2,(H,11,16)(H,17,18)(H,12,13,14,15). The Morgan fingerprint density at radius 1 is 1.39 bits per heavy atom. The lowest BCUT2D eigenvalue weighted by Crippen LogP contribution is -2.35. The van der Waals surface area contributed by atoms with E-state index in [1.807, 2.05) is 0 Å². The molecular weight excluding hydrogens is 238 g/mol. The Labute approximate surface area is 103 Å². The molecule has 3 N–H and O–H groups in total. The second-order valence-corrected chi connectivity index (χ2v) is 4.44. The Morgan fingerprint density at radius 3 is 2.83 bits per heavy atom. The number of aromatic amines is 1. The molecule has 1 heterocycles. The second-order valence-electron chi connectivity index (χ2n) is 4.44. The number of amides is 1. The van der Waals surface area contributed by atoms with Gasteiger partial charge in [0.2, 0.25) is 5.91 Å². The van der Waals surface area contributed by atoms with Crippen LogP contribution < -0.4 is 5.32 Å². The number of carbonyl (C=O) groups excluding carboxylic acids is 1. The fourth-order valence-corrected chi connectivity index (χ4v) is 2.22. The van der Waals surface area contributed by atoms with Gasteiger partial charge < -0.3 is 10.4 Å². The minimum atomic E-state index is -0.814. The van der Waals surface area contributed by atoms with E-state index in [0.717, 1.165) is 12.8 Å². The molecule has 1 saturated carbocycles. The summed E-state index contributed by atoms with van der Waals surface area (Å²) in [6.07, 6.45) is 2.58. The van der Waals surface area contributed by atoms with Crippen molar-refractivity contribution in [2.75, 3.05) is 0 Å². The van der Waals surface area contributed by atoms with Crippen molar-refractivity contribution in [2.45, 2.75) is 32.2 Å². The van der Waals surface area contributed by atoms with Gasteiger partial charge in [0.1, 0.15) is 0 Å². The average molecular weight is 253 g/mol. The van der Waals surface area contributed by atoms with E-state index in [1.165, 1.54) is 0 Å². The number of tetrazole rings is 1. The molecule has 18 heavy (non-hydrogen) atoms. The molecule has 1 amide bonds.